The number of halogens is 1. The fourth-order valence-electron chi connectivity index (χ4n) is 4.59. The lowest BCUT2D eigenvalue weighted by atomic mass is 9.85. The topological polar surface area (TPSA) is 65.6 Å². The van der Waals surface area contributed by atoms with Gasteiger partial charge in [0.15, 0.2) is 0 Å². The average Bonchev–Trinajstić information content (AvgIpc) is 3.14. The number of carbonyl (C=O) groups is 2. The van der Waals surface area contributed by atoms with Gasteiger partial charge in [-0.1, -0.05) is 12.1 Å². The number of likely N-dealkylation sites (tertiary alicyclic amines) is 1. The predicted molar refractivity (Wildman–Crippen MR) is 98.3 cm³/mol. The van der Waals surface area contributed by atoms with E-state index < -0.39 is 0 Å². The van der Waals surface area contributed by atoms with Crippen LogP contribution in [0.15, 0.2) is 18.2 Å². The second-order valence-corrected chi connectivity index (χ2v) is 7.54. The molecular weight excluding hydrogens is 349 g/mol. The van der Waals surface area contributed by atoms with Crippen molar-refractivity contribution in [3.63, 3.8) is 0 Å². The quantitative estimate of drug-likeness (QED) is 0.900. The highest BCUT2D eigenvalue weighted by atomic mass is 19.1. The summed E-state index contributed by atoms with van der Waals surface area (Å²) in [5.74, 6) is -0.250. The number of carbonyl (C=O) groups excluding carboxylic acids is 2. The summed E-state index contributed by atoms with van der Waals surface area (Å²) in [5.41, 5.74) is 1.85. The van der Waals surface area contributed by atoms with Crippen molar-refractivity contribution in [3.8, 4) is 0 Å². The first-order valence-electron chi connectivity index (χ1n) is 9.36. The molecule has 27 heavy (non-hydrogen) atoms. The number of rotatable bonds is 3. The molecule has 1 aromatic carbocycles. The lowest BCUT2D eigenvalue weighted by Gasteiger charge is -2.43. The number of hydrogen-bond donors (Lipinski definition) is 1. The molecular formula is C20H24FN3O3. The summed E-state index contributed by atoms with van der Waals surface area (Å²) in [6.07, 6.45) is 2.97. The van der Waals surface area contributed by atoms with Crippen LogP contribution in [0, 0.1) is 12.7 Å². The van der Waals surface area contributed by atoms with Crippen molar-refractivity contribution in [3.05, 3.63) is 35.3 Å². The van der Waals surface area contributed by atoms with E-state index in [0.29, 0.717) is 25.0 Å². The highest BCUT2D eigenvalue weighted by Gasteiger charge is 2.48. The van der Waals surface area contributed by atoms with Gasteiger partial charge in [0.1, 0.15) is 5.82 Å². The van der Waals surface area contributed by atoms with E-state index >= 15 is 0 Å². The van der Waals surface area contributed by atoms with Crippen molar-refractivity contribution in [2.45, 2.75) is 44.6 Å². The Morgan fingerprint density at radius 1 is 1.30 bits per heavy atom. The number of hydroxylamine groups is 2. The van der Waals surface area contributed by atoms with Crippen molar-refractivity contribution in [1.29, 1.82) is 0 Å². The normalized spacial score (nSPS) is 19.4. The highest BCUT2D eigenvalue weighted by Crippen LogP contribution is 2.39. The molecule has 3 heterocycles. The molecule has 1 aromatic heterocycles. The van der Waals surface area contributed by atoms with Gasteiger partial charge in [0.05, 0.1) is 24.6 Å². The van der Waals surface area contributed by atoms with Gasteiger partial charge in [-0.25, -0.2) is 9.45 Å². The minimum Gasteiger partial charge on any atom is -0.356 e. The van der Waals surface area contributed by atoms with E-state index in [1.54, 1.807) is 6.07 Å². The number of amides is 2. The predicted octanol–water partition coefficient (Wildman–Crippen LogP) is 2.70. The standard InChI is InChI=1S/C20H24FN3O3/c1-13-15(14-4-3-5-16(21)19(14)22-13)12-18(26)23-10-8-20(9-11-23)7-6-17(25)24(20)27-2/h3-5,22H,6-12H2,1-2H3. The molecule has 0 radical (unpaired) electrons. The van der Waals surface area contributed by atoms with E-state index in [9.17, 15) is 14.0 Å². The van der Waals surface area contributed by atoms with Crippen LogP contribution in [0.3, 0.4) is 0 Å². The van der Waals surface area contributed by atoms with Gasteiger partial charge in [0.25, 0.3) is 0 Å². The molecule has 144 valence electrons. The smallest absolute Gasteiger partial charge is 0.246 e. The third-order valence-corrected chi connectivity index (χ3v) is 6.12. The number of H-pyrrole nitrogens is 1. The first-order valence-corrected chi connectivity index (χ1v) is 9.36. The average molecular weight is 373 g/mol. The number of para-hydroxylation sites is 1. The third-order valence-electron chi connectivity index (χ3n) is 6.12. The fourth-order valence-corrected chi connectivity index (χ4v) is 4.59. The number of nitrogens with zero attached hydrogens (tertiary/aromatic N) is 2. The largest absolute Gasteiger partial charge is 0.356 e. The third kappa shape index (κ3) is 2.90. The number of piperidine rings is 1. The summed E-state index contributed by atoms with van der Waals surface area (Å²) in [7, 11) is 1.53. The second-order valence-electron chi connectivity index (χ2n) is 7.54. The highest BCUT2D eigenvalue weighted by molar-refractivity contribution is 5.90. The molecule has 1 N–H and O–H groups in total. The van der Waals surface area contributed by atoms with E-state index in [0.717, 1.165) is 35.9 Å². The van der Waals surface area contributed by atoms with E-state index in [1.165, 1.54) is 18.2 Å². The van der Waals surface area contributed by atoms with Gasteiger partial charge >= 0.3 is 0 Å². The lowest BCUT2D eigenvalue weighted by molar-refractivity contribution is -0.202. The molecule has 2 aliphatic rings. The van der Waals surface area contributed by atoms with Crippen molar-refractivity contribution in [1.82, 2.24) is 14.9 Å². The molecule has 2 amide bonds. The van der Waals surface area contributed by atoms with Gasteiger partial charge in [-0.2, -0.15) is 0 Å². The molecule has 2 aliphatic heterocycles. The number of aryl methyl sites for hydroxylation is 1. The number of hydrogen-bond acceptors (Lipinski definition) is 3. The SMILES string of the molecule is CON1C(=O)CCC12CCN(C(=O)Cc1c(C)[nH]c3c(F)cccc13)CC2. The Morgan fingerprint density at radius 3 is 2.74 bits per heavy atom. The van der Waals surface area contributed by atoms with Crippen molar-refractivity contribution >= 4 is 22.7 Å². The molecule has 0 saturated carbocycles. The molecule has 0 unspecified atom stereocenters. The molecule has 1 spiro atoms. The molecule has 7 heteroatoms. The minimum absolute atomic E-state index is 0.0220. The van der Waals surface area contributed by atoms with Crippen molar-refractivity contribution in [2.24, 2.45) is 0 Å². The number of aromatic nitrogens is 1. The van der Waals surface area contributed by atoms with Gasteiger partial charge in [-0.05, 0) is 37.8 Å². The van der Waals surface area contributed by atoms with Crippen LogP contribution in [0.4, 0.5) is 4.39 Å². The minimum atomic E-state index is -0.306. The number of aromatic amines is 1. The Balaban J connectivity index is 1.47. The maximum absolute atomic E-state index is 14.0. The molecule has 2 saturated heterocycles. The van der Waals surface area contributed by atoms with Crippen LogP contribution in [0.25, 0.3) is 10.9 Å². The Labute approximate surface area is 157 Å². The summed E-state index contributed by atoms with van der Waals surface area (Å²) in [4.78, 5) is 35.1. The van der Waals surface area contributed by atoms with E-state index in [-0.39, 0.29) is 29.6 Å². The molecule has 2 fully saturated rings. The zero-order chi connectivity index (χ0) is 19.2. The molecule has 0 atom stereocenters. The summed E-state index contributed by atoms with van der Waals surface area (Å²) < 4.78 is 14.0. The number of nitrogens with one attached hydrogen (secondary N) is 1. The summed E-state index contributed by atoms with van der Waals surface area (Å²) >= 11 is 0. The molecule has 0 bridgehead atoms. The van der Waals surface area contributed by atoms with E-state index in [4.69, 9.17) is 4.84 Å². The summed E-state index contributed by atoms with van der Waals surface area (Å²) in [6.45, 7) is 3.07. The monoisotopic (exact) mass is 373 g/mol. The number of benzene rings is 1. The van der Waals surface area contributed by atoms with Crippen LogP contribution < -0.4 is 0 Å². The van der Waals surface area contributed by atoms with Gasteiger partial charge in [-0.3, -0.25) is 14.4 Å². The molecule has 2 aromatic rings. The van der Waals surface area contributed by atoms with Crippen LogP contribution >= 0.6 is 0 Å². The summed E-state index contributed by atoms with van der Waals surface area (Å²) in [6, 6.07) is 4.93. The Morgan fingerprint density at radius 2 is 2.04 bits per heavy atom. The lowest BCUT2D eigenvalue weighted by Crippen LogP contribution is -2.54. The first-order chi connectivity index (χ1) is 12.9. The Bertz CT molecular complexity index is 899. The zero-order valence-corrected chi connectivity index (χ0v) is 15.7. The second kappa shape index (κ2) is 6.64. The Kier molecular flexibility index (Phi) is 4.42. The summed E-state index contributed by atoms with van der Waals surface area (Å²) in [5, 5.41) is 2.28. The van der Waals surface area contributed by atoms with Gasteiger partial charge < -0.3 is 9.88 Å². The fraction of sp³-hybridized carbons (Fsp3) is 0.500. The van der Waals surface area contributed by atoms with Crippen molar-refractivity contribution in [2.75, 3.05) is 20.2 Å². The van der Waals surface area contributed by atoms with Crippen LogP contribution in [0.5, 0.6) is 0 Å². The Hall–Kier alpha value is -2.41. The van der Waals surface area contributed by atoms with Crippen molar-refractivity contribution < 1.29 is 18.8 Å². The van der Waals surface area contributed by atoms with Crippen LogP contribution in [-0.2, 0) is 20.8 Å². The number of fused-ring (bicyclic) bond motifs is 1. The van der Waals surface area contributed by atoms with E-state index in [1.807, 2.05) is 17.9 Å². The molecule has 4 rings (SSSR count). The maximum atomic E-state index is 14.0. The van der Waals surface area contributed by atoms with E-state index in [2.05, 4.69) is 4.98 Å². The van der Waals surface area contributed by atoms with Crippen LogP contribution in [0.1, 0.15) is 36.9 Å². The van der Waals surface area contributed by atoms with Crippen LogP contribution in [-0.4, -0.2) is 52.5 Å². The first kappa shape index (κ1) is 18.0. The maximum Gasteiger partial charge on any atom is 0.246 e. The zero-order valence-electron chi connectivity index (χ0n) is 15.7. The van der Waals surface area contributed by atoms with Gasteiger partial charge in [-0.15, -0.1) is 0 Å². The molecule has 0 aliphatic carbocycles. The van der Waals surface area contributed by atoms with Crippen LogP contribution in [0.2, 0.25) is 0 Å². The molecule has 6 nitrogen and oxygen atoms in total. The van der Waals surface area contributed by atoms with Gasteiger partial charge in [0.2, 0.25) is 11.8 Å². The van der Waals surface area contributed by atoms with Gasteiger partial charge in [0, 0.05) is 30.6 Å².